The van der Waals surface area contributed by atoms with E-state index in [1.54, 1.807) is 0 Å². The maximum absolute atomic E-state index is 5.45. The fraction of sp³-hybridized carbons (Fsp3) is 0.769. The van der Waals surface area contributed by atoms with Crippen molar-refractivity contribution in [1.82, 2.24) is 0 Å². The number of rotatable bonds is 13. The standard InChI is InChI=1S/C26H44N4O4/c1-29(2,19-11-13-21-31-25-15-23-33-27-25)17-9-7-5-6-8-10-18-30(3,4)20-12-14-22-32-26-16-24-34-28-26/h5-10,15-24H2,1-4H3/q+2. The van der Waals surface area contributed by atoms with Gasteiger partial charge in [-0.15, -0.1) is 0 Å². The van der Waals surface area contributed by atoms with Gasteiger partial charge >= 0.3 is 0 Å². The molecule has 0 bridgehead atoms. The summed E-state index contributed by atoms with van der Waals surface area (Å²) in [5.74, 6) is 14.0. The van der Waals surface area contributed by atoms with Crippen LogP contribution in [0.2, 0.25) is 0 Å². The van der Waals surface area contributed by atoms with Crippen molar-refractivity contribution >= 4 is 11.8 Å². The summed E-state index contributed by atoms with van der Waals surface area (Å²) in [5, 5.41) is 7.61. The van der Waals surface area contributed by atoms with Gasteiger partial charge in [-0.05, 0) is 37.5 Å². The molecule has 8 nitrogen and oxygen atoms in total. The van der Waals surface area contributed by atoms with Crippen LogP contribution in [-0.4, -0.2) is 102 Å². The first-order chi connectivity index (χ1) is 16.4. The highest BCUT2D eigenvalue weighted by Gasteiger charge is 2.14. The van der Waals surface area contributed by atoms with Crippen LogP contribution in [0, 0.1) is 23.7 Å². The molecule has 8 heteroatoms. The van der Waals surface area contributed by atoms with Gasteiger partial charge in [-0.25, -0.2) is 0 Å². The summed E-state index contributed by atoms with van der Waals surface area (Å²) in [6.07, 6.45) is 9.19. The summed E-state index contributed by atoms with van der Waals surface area (Å²) in [6, 6.07) is 0. The highest BCUT2D eigenvalue weighted by Crippen LogP contribution is 2.10. The lowest BCUT2D eigenvalue weighted by Gasteiger charge is -2.27. The first kappa shape index (κ1) is 27.8. The maximum Gasteiger partial charge on any atom is 0.230 e. The van der Waals surface area contributed by atoms with Crippen molar-refractivity contribution in [3.05, 3.63) is 0 Å². The number of nitrogens with zero attached hydrogens (tertiary/aromatic N) is 4. The molecule has 0 aromatic carbocycles. The molecule has 2 aliphatic rings. The molecule has 2 aliphatic heterocycles. The van der Waals surface area contributed by atoms with Crippen LogP contribution in [0.5, 0.6) is 0 Å². The molecule has 0 saturated heterocycles. The average molecular weight is 477 g/mol. The van der Waals surface area contributed by atoms with E-state index in [0.29, 0.717) is 38.2 Å². The third kappa shape index (κ3) is 13.3. The minimum atomic E-state index is 0.394. The molecule has 0 unspecified atom stereocenters. The van der Waals surface area contributed by atoms with E-state index in [1.165, 1.54) is 38.5 Å². The second kappa shape index (κ2) is 15.5. The summed E-state index contributed by atoms with van der Waals surface area (Å²) in [4.78, 5) is 9.80. The Hall–Kier alpha value is -2.42. The highest BCUT2D eigenvalue weighted by atomic mass is 16.7. The number of ether oxygens (including phenoxy) is 2. The zero-order chi connectivity index (χ0) is 24.5. The van der Waals surface area contributed by atoms with E-state index in [9.17, 15) is 0 Å². The summed E-state index contributed by atoms with van der Waals surface area (Å²) >= 11 is 0. The molecule has 0 radical (unpaired) electrons. The third-order valence-corrected chi connectivity index (χ3v) is 5.81. The SMILES string of the molecule is C[N+](C)(CC#CCOC1=NOCC1)CCCCCCCC[N+](C)(C)CC#CCOC1=NOCC1. The summed E-state index contributed by atoms with van der Waals surface area (Å²) in [5.41, 5.74) is 0. The van der Waals surface area contributed by atoms with Crippen molar-refractivity contribution in [2.75, 3.05) is 80.8 Å². The lowest BCUT2D eigenvalue weighted by molar-refractivity contribution is -0.883. The van der Waals surface area contributed by atoms with Gasteiger partial charge in [0, 0.05) is 0 Å². The van der Waals surface area contributed by atoms with E-state index >= 15 is 0 Å². The predicted molar refractivity (Wildman–Crippen MR) is 135 cm³/mol. The van der Waals surface area contributed by atoms with E-state index in [4.69, 9.17) is 19.1 Å². The molecule has 190 valence electrons. The van der Waals surface area contributed by atoms with E-state index in [-0.39, 0.29) is 0 Å². The van der Waals surface area contributed by atoms with Crippen LogP contribution in [0.3, 0.4) is 0 Å². The van der Waals surface area contributed by atoms with Crippen LogP contribution in [0.15, 0.2) is 10.3 Å². The second-order valence-corrected chi connectivity index (χ2v) is 10.2. The third-order valence-electron chi connectivity index (χ3n) is 5.81. The van der Waals surface area contributed by atoms with Crippen molar-refractivity contribution in [3.63, 3.8) is 0 Å². The van der Waals surface area contributed by atoms with Gasteiger partial charge in [-0.1, -0.05) is 35.0 Å². The highest BCUT2D eigenvalue weighted by molar-refractivity contribution is 5.77. The molecular formula is C26H44N4O4+2. The van der Waals surface area contributed by atoms with Gasteiger partial charge in [0.2, 0.25) is 11.8 Å². The average Bonchev–Trinajstić information content (AvgIpc) is 3.49. The Morgan fingerprint density at radius 1 is 0.647 bits per heavy atom. The molecule has 0 atom stereocenters. The Morgan fingerprint density at radius 3 is 1.44 bits per heavy atom. The van der Waals surface area contributed by atoms with Gasteiger partial charge < -0.3 is 28.1 Å². The number of oxime groups is 2. The molecule has 2 heterocycles. The number of hydrogen-bond donors (Lipinski definition) is 0. The van der Waals surface area contributed by atoms with Crippen LogP contribution < -0.4 is 0 Å². The molecule has 0 aromatic heterocycles. The Morgan fingerprint density at radius 2 is 1.06 bits per heavy atom. The minimum Gasteiger partial charge on any atom is -0.465 e. The van der Waals surface area contributed by atoms with Crippen molar-refractivity contribution in [1.29, 1.82) is 0 Å². The molecule has 0 spiro atoms. The predicted octanol–water partition coefficient (Wildman–Crippen LogP) is 2.99. The monoisotopic (exact) mass is 476 g/mol. The van der Waals surface area contributed by atoms with Crippen LogP contribution in [0.4, 0.5) is 0 Å². The molecule has 0 aliphatic carbocycles. The topological polar surface area (TPSA) is 61.6 Å². The van der Waals surface area contributed by atoms with Crippen LogP contribution >= 0.6 is 0 Å². The van der Waals surface area contributed by atoms with Crippen molar-refractivity contribution in [3.8, 4) is 23.7 Å². The quantitative estimate of drug-likeness (QED) is 0.233. The first-order valence-electron chi connectivity index (χ1n) is 12.6. The molecule has 2 rings (SSSR count). The van der Waals surface area contributed by atoms with E-state index in [1.807, 2.05) is 0 Å². The zero-order valence-electron chi connectivity index (χ0n) is 21.7. The van der Waals surface area contributed by atoms with Gasteiger partial charge in [0.15, 0.2) is 13.2 Å². The largest absolute Gasteiger partial charge is 0.465 e. The summed E-state index contributed by atoms with van der Waals surface area (Å²) in [7, 11) is 8.99. The van der Waals surface area contributed by atoms with Gasteiger partial charge in [-0.3, -0.25) is 0 Å². The van der Waals surface area contributed by atoms with Gasteiger partial charge in [-0.2, -0.15) is 0 Å². The fourth-order valence-corrected chi connectivity index (χ4v) is 3.62. The fourth-order valence-electron chi connectivity index (χ4n) is 3.62. The van der Waals surface area contributed by atoms with E-state index < -0.39 is 0 Å². The maximum atomic E-state index is 5.45. The van der Waals surface area contributed by atoms with Crippen molar-refractivity contribution < 1.29 is 28.1 Å². The Bertz CT molecular complexity index is 718. The molecule has 0 aromatic rings. The van der Waals surface area contributed by atoms with E-state index in [0.717, 1.165) is 48.0 Å². The first-order valence-corrected chi connectivity index (χ1v) is 12.6. The number of quaternary nitrogens is 2. The normalized spacial score (nSPS) is 15.2. The van der Waals surface area contributed by atoms with Crippen LogP contribution in [0.1, 0.15) is 51.4 Å². The molecule has 0 amide bonds. The molecule has 0 saturated carbocycles. The van der Waals surface area contributed by atoms with Crippen LogP contribution in [0.25, 0.3) is 0 Å². The second-order valence-electron chi connectivity index (χ2n) is 10.2. The van der Waals surface area contributed by atoms with Crippen LogP contribution in [-0.2, 0) is 19.1 Å². The van der Waals surface area contributed by atoms with Crippen molar-refractivity contribution in [2.24, 2.45) is 10.3 Å². The minimum absolute atomic E-state index is 0.394. The molecular weight excluding hydrogens is 432 g/mol. The summed E-state index contributed by atoms with van der Waals surface area (Å²) < 4.78 is 12.8. The van der Waals surface area contributed by atoms with Gasteiger partial charge in [0.25, 0.3) is 0 Å². The van der Waals surface area contributed by atoms with Crippen molar-refractivity contribution in [2.45, 2.75) is 51.4 Å². The van der Waals surface area contributed by atoms with Gasteiger partial charge in [0.1, 0.15) is 26.3 Å². The molecule has 34 heavy (non-hydrogen) atoms. The lowest BCUT2D eigenvalue weighted by Crippen LogP contribution is -2.40. The molecule has 0 N–H and O–H groups in total. The zero-order valence-corrected chi connectivity index (χ0v) is 21.7. The Balaban J connectivity index is 1.43. The van der Waals surface area contributed by atoms with E-state index in [2.05, 4.69) is 62.2 Å². The Labute approximate surface area is 206 Å². The Kier molecular flexibility index (Phi) is 12.7. The number of unbranched alkanes of at least 4 members (excludes halogenated alkanes) is 5. The molecule has 0 fully saturated rings. The summed E-state index contributed by atoms with van der Waals surface area (Å²) in [6.45, 7) is 6.02. The lowest BCUT2D eigenvalue weighted by atomic mass is 10.1. The number of hydrogen-bond acceptors (Lipinski definition) is 6. The smallest absolute Gasteiger partial charge is 0.230 e. The van der Waals surface area contributed by atoms with Gasteiger partial charge in [0.05, 0.1) is 54.1 Å².